The second kappa shape index (κ2) is 6.33. The zero-order chi connectivity index (χ0) is 17.4. The molecule has 25 heavy (non-hydrogen) atoms. The van der Waals surface area contributed by atoms with E-state index in [0.29, 0.717) is 12.3 Å². The second-order valence-corrected chi connectivity index (χ2v) is 6.32. The molecule has 0 radical (unpaired) electrons. The van der Waals surface area contributed by atoms with Gasteiger partial charge in [-0.15, -0.1) is 0 Å². The van der Waals surface area contributed by atoms with Crippen LogP contribution in [0.4, 0.5) is 0 Å². The Morgan fingerprint density at radius 2 is 2.24 bits per heavy atom. The Labute approximate surface area is 144 Å². The van der Waals surface area contributed by atoms with Crippen molar-refractivity contribution in [1.29, 1.82) is 0 Å². The monoisotopic (exact) mass is 341 g/mol. The summed E-state index contributed by atoms with van der Waals surface area (Å²) in [6.07, 6.45) is 2.04. The number of ether oxygens (including phenoxy) is 1. The summed E-state index contributed by atoms with van der Waals surface area (Å²) in [7, 11) is 0. The van der Waals surface area contributed by atoms with Crippen LogP contribution >= 0.6 is 0 Å². The molecule has 3 aromatic rings. The van der Waals surface area contributed by atoms with Crippen molar-refractivity contribution in [3.05, 3.63) is 35.2 Å². The first kappa shape index (κ1) is 15.8. The molecule has 4 rings (SSSR count). The molecule has 2 aromatic heterocycles. The number of benzene rings is 1. The van der Waals surface area contributed by atoms with Crippen molar-refractivity contribution in [2.75, 3.05) is 13.2 Å². The fourth-order valence-electron chi connectivity index (χ4n) is 3.04. The standard InChI is InChI=1S/C18H19N3O4/c1-10-5-6-14-13(8-10)11(2)15(24-14)16-20-18(25-21-16)17(22)19-9-12-4-3-7-23-12/h5-6,8,12H,3-4,7,9H2,1-2H3,(H,19,22). The summed E-state index contributed by atoms with van der Waals surface area (Å²) in [5, 5.41) is 7.66. The lowest BCUT2D eigenvalue weighted by Crippen LogP contribution is -2.31. The molecule has 0 spiro atoms. The van der Waals surface area contributed by atoms with Gasteiger partial charge in [0.05, 0.1) is 6.10 Å². The summed E-state index contributed by atoms with van der Waals surface area (Å²) in [6, 6.07) is 5.94. The molecular weight excluding hydrogens is 322 g/mol. The number of aryl methyl sites for hydroxylation is 2. The highest BCUT2D eigenvalue weighted by molar-refractivity contribution is 5.90. The van der Waals surface area contributed by atoms with E-state index in [1.165, 1.54) is 0 Å². The Bertz CT molecular complexity index is 922. The van der Waals surface area contributed by atoms with Gasteiger partial charge in [0.2, 0.25) is 5.82 Å². The Morgan fingerprint density at radius 3 is 3.04 bits per heavy atom. The van der Waals surface area contributed by atoms with Crippen LogP contribution in [-0.4, -0.2) is 35.3 Å². The largest absolute Gasteiger partial charge is 0.452 e. The predicted octanol–water partition coefficient (Wildman–Crippen LogP) is 3.01. The van der Waals surface area contributed by atoms with E-state index in [9.17, 15) is 4.79 Å². The maximum atomic E-state index is 12.2. The third-order valence-corrected chi connectivity index (χ3v) is 4.43. The van der Waals surface area contributed by atoms with Gasteiger partial charge in [0.15, 0.2) is 5.76 Å². The molecule has 0 bridgehead atoms. The number of rotatable bonds is 4. The summed E-state index contributed by atoms with van der Waals surface area (Å²) in [5.41, 5.74) is 2.82. The molecule has 1 N–H and O–H groups in total. The molecule has 1 unspecified atom stereocenters. The number of furan rings is 1. The molecule has 130 valence electrons. The van der Waals surface area contributed by atoms with E-state index in [4.69, 9.17) is 13.7 Å². The van der Waals surface area contributed by atoms with E-state index in [1.54, 1.807) is 0 Å². The molecule has 1 aliphatic heterocycles. The third kappa shape index (κ3) is 3.02. The van der Waals surface area contributed by atoms with E-state index in [2.05, 4.69) is 15.5 Å². The lowest BCUT2D eigenvalue weighted by molar-refractivity contribution is 0.0822. The summed E-state index contributed by atoms with van der Waals surface area (Å²) in [5.74, 6) is 0.305. The van der Waals surface area contributed by atoms with Crippen LogP contribution in [0.25, 0.3) is 22.6 Å². The summed E-state index contributed by atoms with van der Waals surface area (Å²) < 4.78 is 16.4. The van der Waals surface area contributed by atoms with Gasteiger partial charge in [0, 0.05) is 24.1 Å². The van der Waals surface area contributed by atoms with Gasteiger partial charge in [0.25, 0.3) is 0 Å². The summed E-state index contributed by atoms with van der Waals surface area (Å²) >= 11 is 0. The highest BCUT2D eigenvalue weighted by Gasteiger charge is 2.22. The molecular formula is C18H19N3O4. The van der Waals surface area contributed by atoms with E-state index in [0.717, 1.165) is 41.5 Å². The highest BCUT2D eigenvalue weighted by atomic mass is 16.5. The molecule has 1 amide bonds. The van der Waals surface area contributed by atoms with Crippen molar-refractivity contribution < 1.29 is 18.5 Å². The molecule has 0 saturated carbocycles. The molecule has 1 fully saturated rings. The van der Waals surface area contributed by atoms with Crippen molar-refractivity contribution in [2.24, 2.45) is 0 Å². The maximum absolute atomic E-state index is 12.2. The molecule has 1 aromatic carbocycles. The number of fused-ring (bicyclic) bond motifs is 1. The number of nitrogens with one attached hydrogen (secondary N) is 1. The van der Waals surface area contributed by atoms with E-state index < -0.39 is 5.91 Å². The molecule has 7 nitrogen and oxygen atoms in total. The Hall–Kier alpha value is -2.67. The van der Waals surface area contributed by atoms with E-state index in [-0.39, 0.29) is 17.8 Å². The second-order valence-electron chi connectivity index (χ2n) is 6.32. The van der Waals surface area contributed by atoms with Crippen molar-refractivity contribution in [1.82, 2.24) is 15.5 Å². The normalized spacial score (nSPS) is 17.3. The minimum absolute atomic E-state index is 0.0622. The van der Waals surface area contributed by atoms with Crippen LogP contribution in [0.1, 0.15) is 34.7 Å². The van der Waals surface area contributed by atoms with Gasteiger partial charge in [-0.05, 0) is 38.8 Å². The number of hydrogen-bond donors (Lipinski definition) is 1. The Balaban J connectivity index is 1.54. The highest BCUT2D eigenvalue weighted by Crippen LogP contribution is 2.31. The van der Waals surface area contributed by atoms with Gasteiger partial charge < -0.3 is 19.0 Å². The van der Waals surface area contributed by atoms with Crippen molar-refractivity contribution >= 4 is 16.9 Å². The topological polar surface area (TPSA) is 90.4 Å². The van der Waals surface area contributed by atoms with Crippen LogP contribution in [0.2, 0.25) is 0 Å². The maximum Gasteiger partial charge on any atom is 0.316 e. The van der Waals surface area contributed by atoms with Gasteiger partial charge in [-0.3, -0.25) is 4.79 Å². The number of aromatic nitrogens is 2. The fourth-order valence-corrected chi connectivity index (χ4v) is 3.04. The van der Waals surface area contributed by atoms with Gasteiger partial charge >= 0.3 is 11.8 Å². The van der Waals surface area contributed by atoms with Crippen LogP contribution in [0, 0.1) is 13.8 Å². The van der Waals surface area contributed by atoms with E-state index in [1.807, 2.05) is 32.0 Å². The molecule has 1 atom stereocenters. The fraction of sp³-hybridized carbons (Fsp3) is 0.389. The number of nitrogens with zero attached hydrogens (tertiary/aromatic N) is 2. The number of carbonyl (C=O) groups excluding carboxylic acids is 1. The van der Waals surface area contributed by atoms with Crippen LogP contribution in [0.5, 0.6) is 0 Å². The number of hydrogen-bond acceptors (Lipinski definition) is 6. The van der Waals surface area contributed by atoms with Gasteiger partial charge in [-0.1, -0.05) is 16.8 Å². The Kier molecular flexibility index (Phi) is 4.01. The zero-order valence-electron chi connectivity index (χ0n) is 14.2. The minimum Gasteiger partial charge on any atom is -0.452 e. The van der Waals surface area contributed by atoms with Crippen LogP contribution in [0.15, 0.2) is 27.1 Å². The summed E-state index contributed by atoms with van der Waals surface area (Å²) in [6.45, 7) is 5.15. The first-order valence-electron chi connectivity index (χ1n) is 8.35. The molecule has 1 saturated heterocycles. The lowest BCUT2D eigenvalue weighted by atomic mass is 10.1. The average molecular weight is 341 g/mol. The van der Waals surface area contributed by atoms with Gasteiger partial charge in [-0.25, -0.2) is 0 Å². The van der Waals surface area contributed by atoms with Crippen LogP contribution in [0.3, 0.4) is 0 Å². The molecule has 1 aliphatic rings. The third-order valence-electron chi connectivity index (χ3n) is 4.43. The quantitative estimate of drug-likeness (QED) is 0.784. The molecule has 3 heterocycles. The summed E-state index contributed by atoms with van der Waals surface area (Å²) in [4.78, 5) is 16.3. The van der Waals surface area contributed by atoms with Crippen molar-refractivity contribution in [3.8, 4) is 11.6 Å². The van der Waals surface area contributed by atoms with Crippen molar-refractivity contribution in [2.45, 2.75) is 32.8 Å². The molecule has 0 aliphatic carbocycles. The predicted molar refractivity (Wildman–Crippen MR) is 90.3 cm³/mol. The Morgan fingerprint density at radius 1 is 1.36 bits per heavy atom. The number of carbonyl (C=O) groups is 1. The lowest BCUT2D eigenvalue weighted by Gasteiger charge is -2.08. The minimum atomic E-state index is -0.404. The molecule has 7 heteroatoms. The van der Waals surface area contributed by atoms with Gasteiger partial charge in [0.1, 0.15) is 5.58 Å². The van der Waals surface area contributed by atoms with E-state index >= 15 is 0 Å². The smallest absolute Gasteiger partial charge is 0.316 e. The van der Waals surface area contributed by atoms with Crippen molar-refractivity contribution in [3.63, 3.8) is 0 Å². The van der Waals surface area contributed by atoms with Gasteiger partial charge in [-0.2, -0.15) is 4.98 Å². The zero-order valence-corrected chi connectivity index (χ0v) is 14.2. The SMILES string of the molecule is Cc1ccc2oc(-c3noc(C(=O)NCC4CCCO4)n3)c(C)c2c1. The average Bonchev–Trinajstić information content (AvgIpc) is 3.33. The first-order chi connectivity index (χ1) is 12.1. The van der Waals surface area contributed by atoms with Crippen LogP contribution in [-0.2, 0) is 4.74 Å². The first-order valence-corrected chi connectivity index (χ1v) is 8.35. The van der Waals surface area contributed by atoms with Crippen LogP contribution < -0.4 is 5.32 Å². The number of amides is 1.